The molecule has 4 rings (SSSR count). The number of carbonyl (C=O) groups is 3. The van der Waals surface area contributed by atoms with Crippen LogP contribution in [0.4, 0.5) is 10.5 Å². The van der Waals surface area contributed by atoms with Crippen molar-refractivity contribution in [3.05, 3.63) is 53.1 Å². The summed E-state index contributed by atoms with van der Waals surface area (Å²) in [6, 6.07) is 9.10. The molecule has 0 atom stereocenters. The first-order chi connectivity index (χ1) is 13.5. The molecular formula is C20H16N2O6. The zero-order valence-corrected chi connectivity index (χ0v) is 15.1. The third kappa shape index (κ3) is 2.94. The topological polar surface area (TPSA) is 94.2 Å². The van der Waals surface area contributed by atoms with E-state index in [2.05, 4.69) is 5.32 Å². The first kappa shape index (κ1) is 17.6. The largest absolute Gasteiger partial charge is 0.496 e. The maximum atomic E-state index is 12.9. The Morgan fingerprint density at radius 2 is 1.86 bits per heavy atom. The van der Waals surface area contributed by atoms with Crippen molar-refractivity contribution in [3.8, 4) is 17.2 Å². The summed E-state index contributed by atoms with van der Waals surface area (Å²) in [4.78, 5) is 38.4. The number of amides is 4. The molecule has 2 aromatic rings. The van der Waals surface area contributed by atoms with Gasteiger partial charge in [0.2, 0.25) is 6.79 Å². The molecule has 2 aromatic carbocycles. The molecule has 0 saturated carbocycles. The van der Waals surface area contributed by atoms with Crippen molar-refractivity contribution in [3.63, 3.8) is 0 Å². The van der Waals surface area contributed by atoms with Gasteiger partial charge in [-0.2, -0.15) is 0 Å². The lowest BCUT2D eigenvalue weighted by molar-refractivity contribution is -0.122. The molecule has 4 amide bonds. The third-order valence-corrected chi connectivity index (χ3v) is 4.45. The second kappa shape index (κ2) is 6.73. The first-order valence-corrected chi connectivity index (χ1v) is 8.43. The van der Waals surface area contributed by atoms with Crippen molar-refractivity contribution in [2.75, 3.05) is 18.8 Å². The van der Waals surface area contributed by atoms with E-state index < -0.39 is 17.8 Å². The second-order valence-corrected chi connectivity index (χ2v) is 6.22. The molecule has 28 heavy (non-hydrogen) atoms. The molecule has 1 fully saturated rings. The van der Waals surface area contributed by atoms with Crippen molar-refractivity contribution >= 4 is 29.6 Å². The van der Waals surface area contributed by atoms with E-state index in [-0.39, 0.29) is 18.1 Å². The standard InChI is InChI=1S/C20H16N2O6/c1-11-7-12(3-5-15(11)26-2)8-14-18(23)21-20(25)22(19(14)24)13-4-6-16-17(9-13)28-10-27-16/h3-9H,10H2,1-2H3,(H,21,23,25)/b14-8+. The molecule has 0 radical (unpaired) electrons. The average Bonchev–Trinajstić information content (AvgIpc) is 3.13. The molecule has 1 N–H and O–H groups in total. The van der Waals surface area contributed by atoms with Gasteiger partial charge in [-0.05, 0) is 48.4 Å². The molecule has 1 saturated heterocycles. The van der Waals surface area contributed by atoms with E-state index in [1.807, 2.05) is 6.92 Å². The molecule has 0 bridgehead atoms. The lowest BCUT2D eigenvalue weighted by Gasteiger charge is -2.26. The van der Waals surface area contributed by atoms with Crippen LogP contribution in [-0.2, 0) is 9.59 Å². The number of urea groups is 1. The Bertz CT molecular complexity index is 1040. The summed E-state index contributed by atoms with van der Waals surface area (Å²) in [6.07, 6.45) is 1.44. The van der Waals surface area contributed by atoms with E-state index >= 15 is 0 Å². The Hall–Kier alpha value is -3.81. The molecule has 142 valence electrons. The Labute approximate surface area is 160 Å². The van der Waals surface area contributed by atoms with Gasteiger partial charge in [0.1, 0.15) is 11.3 Å². The van der Waals surface area contributed by atoms with Crippen molar-refractivity contribution in [1.29, 1.82) is 0 Å². The van der Waals surface area contributed by atoms with Crippen LogP contribution in [0.15, 0.2) is 42.0 Å². The van der Waals surface area contributed by atoms with Gasteiger partial charge in [-0.25, -0.2) is 9.69 Å². The molecule has 0 aliphatic carbocycles. The van der Waals surface area contributed by atoms with Gasteiger partial charge in [0.15, 0.2) is 11.5 Å². The third-order valence-electron chi connectivity index (χ3n) is 4.45. The summed E-state index contributed by atoms with van der Waals surface area (Å²) in [5.41, 5.74) is 1.61. The fourth-order valence-electron chi connectivity index (χ4n) is 3.07. The zero-order valence-electron chi connectivity index (χ0n) is 15.1. The fourth-order valence-corrected chi connectivity index (χ4v) is 3.07. The van der Waals surface area contributed by atoms with Crippen LogP contribution in [0, 0.1) is 6.92 Å². The molecule has 0 unspecified atom stereocenters. The number of anilines is 1. The van der Waals surface area contributed by atoms with Gasteiger partial charge in [-0.15, -0.1) is 0 Å². The number of fused-ring (bicyclic) bond motifs is 1. The summed E-state index contributed by atoms with van der Waals surface area (Å²) >= 11 is 0. The van der Waals surface area contributed by atoms with E-state index in [1.165, 1.54) is 12.1 Å². The lowest BCUT2D eigenvalue weighted by atomic mass is 10.0. The molecular weight excluding hydrogens is 364 g/mol. The Balaban J connectivity index is 1.71. The van der Waals surface area contributed by atoms with E-state index in [9.17, 15) is 14.4 Å². The van der Waals surface area contributed by atoms with Gasteiger partial charge in [-0.3, -0.25) is 14.9 Å². The number of nitrogens with zero attached hydrogens (tertiary/aromatic N) is 1. The van der Waals surface area contributed by atoms with Gasteiger partial charge in [-0.1, -0.05) is 6.07 Å². The van der Waals surface area contributed by atoms with Gasteiger partial charge in [0.25, 0.3) is 11.8 Å². The van der Waals surface area contributed by atoms with Gasteiger partial charge in [0.05, 0.1) is 12.8 Å². The molecule has 2 aliphatic rings. The number of rotatable bonds is 3. The number of carbonyl (C=O) groups excluding carboxylic acids is 3. The second-order valence-electron chi connectivity index (χ2n) is 6.22. The highest BCUT2D eigenvalue weighted by Gasteiger charge is 2.37. The minimum atomic E-state index is -0.822. The number of hydrogen-bond acceptors (Lipinski definition) is 6. The van der Waals surface area contributed by atoms with Crippen molar-refractivity contribution in [2.24, 2.45) is 0 Å². The van der Waals surface area contributed by atoms with Gasteiger partial charge in [0, 0.05) is 6.07 Å². The SMILES string of the molecule is COc1ccc(/C=C2\C(=O)NC(=O)N(c3ccc4c(c3)OCO4)C2=O)cc1C. The number of nitrogens with one attached hydrogen (secondary N) is 1. The van der Waals surface area contributed by atoms with Crippen LogP contribution in [0.25, 0.3) is 6.08 Å². The van der Waals surface area contributed by atoms with Crippen molar-refractivity contribution in [2.45, 2.75) is 6.92 Å². The summed E-state index contributed by atoms with van der Waals surface area (Å²) in [7, 11) is 1.56. The highest BCUT2D eigenvalue weighted by molar-refractivity contribution is 6.39. The normalized spacial score (nSPS) is 17.1. The van der Waals surface area contributed by atoms with Crippen molar-refractivity contribution < 1.29 is 28.6 Å². The maximum absolute atomic E-state index is 12.9. The van der Waals surface area contributed by atoms with E-state index in [4.69, 9.17) is 14.2 Å². The number of ether oxygens (including phenoxy) is 3. The molecule has 2 aliphatic heterocycles. The van der Waals surface area contributed by atoms with E-state index in [0.717, 1.165) is 10.5 Å². The number of benzene rings is 2. The Kier molecular flexibility index (Phi) is 4.23. The predicted molar refractivity (Wildman–Crippen MR) is 99.3 cm³/mol. The maximum Gasteiger partial charge on any atom is 0.335 e. The average molecular weight is 380 g/mol. The Morgan fingerprint density at radius 1 is 1.07 bits per heavy atom. The number of hydrogen-bond donors (Lipinski definition) is 1. The smallest absolute Gasteiger partial charge is 0.335 e. The quantitative estimate of drug-likeness (QED) is 0.649. The van der Waals surface area contributed by atoms with E-state index in [0.29, 0.717) is 22.8 Å². The summed E-state index contributed by atoms with van der Waals surface area (Å²) < 4.78 is 15.7. The lowest BCUT2D eigenvalue weighted by Crippen LogP contribution is -2.54. The fraction of sp³-hybridized carbons (Fsp3) is 0.150. The van der Waals surface area contributed by atoms with Crippen LogP contribution in [0.3, 0.4) is 0 Å². The molecule has 0 aromatic heterocycles. The van der Waals surface area contributed by atoms with Gasteiger partial charge < -0.3 is 14.2 Å². The summed E-state index contributed by atoms with van der Waals surface area (Å²) in [6.45, 7) is 1.92. The first-order valence-electron chi connectivity index (χ1n) is 8.43. The van der Waals surface area contributed by atoms with Crippen LogP contribution >= 0.6 is 0 Å². The van der Waals surface area contributed by atoms with Crippen LogP contribution in [0.5, 0.6) is 17.2 Å². The summed E-state index contributed by atoms with van der Waals surface area (Å²) in [5.74, 6) is 0.167. The van der Waals surface area contributed by atoms with Crippen molar-refractivity contribution in [1.82, 2.24) is 5.32 Å². The van der Waals surface area contributed by atoms with Gasteiger partial charge >= 0.3 is 6.03 Å². The minimum absolute atomic E-state index is 0.0688. The number of barbiturate groups is 1. The monoisotopic (exact) mass is 380 g/mol. The zero-order chi connectivity index (χ0) is 19.8. The summed E-state index contributed by atoms with van der Waals surface area (Å²) in [5, 5.41) is 2.20. The molecule has 2 heterocycles. The van der Waals surface area contributed by atoms with Crippen LogP contribution < -0.4 is 24.4 Å². The molecule has 0 spiro atoms. The predicted octanol–water partition coefficient (Wildman–Crippen LogP) is 2.40. The van der Waals surface area contributed by atoms with Crippen LogP contribution in [-0.4, -0.2) is 31.7 Å². The minimum Gasteiger partial charge on any atom is -0.496 e. The number of imide groups is 2. The highest BCUT2D eigenvalue weighted by Crippen LogP contribution is 2.36. The number of methoxy groups -OCH3 is 1. The van der Waals surface area contributed by atoms with Crippen LogP contribution in [0.1, 0.15) is 11.1 Å². The molecule has 8 nitrogen and oxygen atoms in total. The van der Waals surface area contributed by atoms with Crippen LogP contribution in [0.2, 0.25) is 0 Å². The Morgan fingerprint density at radius 3 is 2.61 bits per heavy atom. The number of aryl methyl sites for hydroxylation is 1. The molecule has 8 heteroatoms. The van der Waals surface area contributed by atoms with E-state index in [1.54, 1.807) is 37.4 Å². The highest BCUT2D eigenvalue weighted by atomic mass is 16.7.